The fraction of sp³-hybridized carbons (Fsp3) is 0.308. The van der Waals surface area contributed by atoms with Crippen molar-refractivity contribution in [3.63, 3.8) is 0 Å². The van der Waals surface area contributed by atoms with Crippen LogP contribution in [0.3, 0.4) is 0 Å². The highest BCUT2D eigenvalue weighted by atomic mass is 35.5. The van der Waals surface area contributed by atoms with Crippen molar-refractivity contribution >= 4 is 23.8 Å². The van der Waals surface area contributed by atoms with E-state index in [0.29, 0.717) is 5.92 Å². The van der Waals surface area contributed by atoms with Crippen molar-refractivity contribution in [2.75, 3.05) is 0 Å². The molecule has 0 bridgehead atoms. The van der Waals surface area contributed by atoms with Crippen molar-refractivity contribution in [1.82, 2.24) is 9.55 Å². The van der Waals surface area contributed by atoms with Gasteiger partial charge in [-0.15, -0.1) is 0 Å². The third-order valence-electron chi connectivity index (χ3n) is 2.75. The fourth-order valence-electron chi connectivity index (χ4n) is 1.82. The molecule has 1 heterocycles. The average Bonchev–Trinajstić information content (AvgIpc) is 2.64. The van der Waals surface area contributed by atoms with Crippen LogP contribution in [0.5, 0.6) is 0 Å². The maximum Gasteiger partial charge on any atom is 0.177 e. The molecular formula is C13H15ClN2S. The molecule has 0 aliphatic heterocycles. The Morgan fingerprint density at radius 1 is 1.29 bits per heavy atom. The van der Waals surface area contributed by atoms with Crippen LogP contribution in [-0.4, -0.2) is 9.55 Å². The van der Waals surface area contributed by atoms with Crippen molar-refractivity contribution in [1.29, 1.82) is 0 Å². The van der Waals surface area contributed by atoms with Gasteiger partial charge in [0.15, 0.2) is 4.77 Å². The van der Waals surface area contributed by atoms with Crippen LogP contribution < -0.4 is 0 Å². The Kier molecular flexibility index (Phi) is 3.69. The molecule has 0 atom stereocenters. The number of benzene rings is 1. The molecule has 0 saturated carbocycles. The summed E-state index contributed by atoms with van der Waals surface area (Å²) in [5, 5.41) is 0.760. The summed E-state index contributed by atoms with van der Waals surface area (Å²) in [7, 11) is 0. The van der Waals surface area contributed by atoms with Gasteiger partial charge in [-0.2, -0.15) is 0 Å². The highest BCUT2D eigenvalue weighted by Crippen LogP contribution is 2.17. The minimum Gasteiger partial charge on any atom is -0.337 e. The second-order valence-electron chi connectivity index (χ2n) is 4.39. The average molecular weight is 267 g/mol. The number of hydrogen-bond donors (Lipinski definition) is 1. The van der Waals surface area contributed by atoms with Crippen LogP contribution in [0.2, 0.25) is 5.02 Å². The first-order chi connectivity index (χ1) is 8.08. The van der Waals surface area contributed by atoms with Crippen LogP contribution in [0.1, 0.15) is 31.0 Å². The summed E-state index contributed by atoms with van der Waals surface area (Å²) >= 11 is 11.2. The van der Waals surface area contributed by atoms with E-state index >= 15 is 0 Å². The van der Waals surface area contributed by atoms with Gasteiger partial charge in [-0.1, -0.05) is 37.6 Å². The van der Waals surface area contributed by atoms with Crippen LogP contribution in [0.4, 0.5) is 0 Å². The number of aromatic amines is 1. The summed E-state index contributed by atoms with van der Waals surface area (Å²) < 4.78 is 2.90. The maximum atomic E-state index is 5.87. The van der Waals surface area contributed by atoms with Gasteiger partial charge in [0.25, 0.3) is 0 Å². The molecule has 1 aromatic heterocycles. The molecule has 90 valence electrons. The zero-order chi connectivity index (χ0) is 12.4. The van der Waals surface area contributed by atoms with Crippen molar-refractivity contribution in [2.24, 2.45) is 0 Å². The highest BCUT2D eigenvalue weighted by molar-refractivity contribution is 7.71. The molecule has 4 heteroatoms. The lowest BCUT2D eigenvalue weighted by Crippen LogP contribution is -2.05. The van der Waals surface area contributed by atoms with Crippen molar-refractivity contribution in [3.8, 4) is 0 Å². The Morgan fingerprint density at radius 3 is 2.53 bits per heavy atom. The molecule has 17 heavy (non-hydrogen) atoms. The summed E-state index contributed by atoms with van der Waals surface area (Å²) in [6, 6.07) is 7.87. The molecule has 0 aliphatic carbocycles. The molecule has 0 unspecified atom stereocenters. The van der Waals surface area contributed by atoms with Gasteiger partial charge in [0.1, 0.15) is 0 Å². The van der Waals surface area contributed by atoms with Gasteiger partial charge in [-0.05, 0) is 35.8 Å². The van der Waals surface area contributed by atoms with Gasteiger partial charge >= 0.3 is 0 Å². The first-order valence-corrected chi connectivity index (χ1v) is 6.39. The van der Waals surface area contributed by atoms with E-state index in [1.807, 2.05) is 30.5 Å². The molecule has 0 amide bonds. The minimum atomic E-state index is 0.454. The summed E-state index contributed by atoms with van der Waals surface area (Å²) in [5.41, 5.74) is 2.43. The molecule has 0 fully saturated rings. The minimum absolute atomic E-state index is 0.454. The lowest BCUT2D eigenvalue weighted by molar-refractivity contribution is 0.684. The van der Waals surface area contributed by atoms with Gasteiger partial charge in [-0.25, -0.2) is 0 Å². The Morgan fingerprint density at radius 2 is 1.94 bits per heavy atom. The molecule has 1 aromatic carbocycles. The van der Waals surface area contributed by atoms with Gasteiger partial charge in [-0.3, -0.25) is 0 Å². The first kappa shape index (κ1) is 12.4. The molecule has 0 spiro atoms. The largest absolute Gasteiger partial charge is 0.337 e. The Balaban J connectivity index is 2.32. The number of H-pyrrole nitrogens is 1. The predicted molar refractivity (Wildman–Crippen MR) is 74.3 cm³/mol. The molecule has 2 nitrogen and oxygen atoms in total. The van der Waals surface area contributed by atoms with Crippen LogP contribution in [-0.2, 0) is 6.54 Å². The van der Waals surface area contributed by atoms with Gasteiger partial charge in [0.05, 0.1) is 6.54 Å². The molecule has 0 radical (unpaired) electrons. The van der Waals surface area contributed by atoms with Gasteiger partial charge in [0, 0.05) is 16.9 Å². The smallest absolute Gasteiger partial charge is 0.177 e. The van der Waals surface area contributed by atoms with E-state index in [0.717, 1.165) is 16.3 Å². The van der Waals surface area contributed by atoms with E-state index in [2.05, 4.69) is 23.4 Å². The second kappa shape index (κ2) is 5.07. The summed E-state index contributed by atoms with van der Waals surface area (Å²) in [5.74, 6) is 0.454. The SMILES string of the molecule is CC(C)c1c[nH]c(=S)n1Cc1ccc(Cl)cc1. The summed E-state index contributed by atoms with van der Waals surface area (Å²) in [6.45, 7) is 5.11. The predicted octanol–water partition coefficient (Wildman–Crippen LogP) is 4.37. The topological polar surface area (TPSA) is 20.7 Å². The number of halogens is 1. The van der Waals surface area contributed by atoms with E-state index in [1.54, 1.807) is 0 Å². The lowest BCUT2D eigenvalue weighted by Gasteiger charge is -2.11. The van der Waals surface area contributed by atoms with Crippen LogP contribution in [0, 0.1) is 4.77 Å². The van der Waals surface area contributed by atoms with Crippen molar-refractivity contribution in [3.05, 3.63) is 51.5 Å². The number of aromatic nitrogens is 2. The normalized spacial score (nSPS) is 11.1. The Bertz CT molecular complexity index is 552. The quantitative estimate of drug-likeness (QED) is 0.818. The number of hydrogen-bond acceptors (Lipinski definition) is 1. The molecule has 2 rings (SSSR count). The number of imidazole rings is 1. The number of rotatable bonds is 3. The maximum absolute atomic E-state index is 5.87. The zero-order valence-electron chi connectivity index (χ0n) is 9.90. The fourth-order valence-corrected chi connectivity index (χ4v) is 2.18. The first-order valence-electron chi connectivity index (χ1n) is 5.60. The molecule has 1 N–H and O–H groups in total. The van der Waals surface area contributed by atoms with E-state index in [9.17, 15) is 0 Å². The van der Waals surface area contributed by atoms with Gasteiger partial charge < -0.3 is 9.55 Å². The van der Waals surface area contributed by atoms with E-state index in [1.165, 1.54) is 11.3 Å². The Hall–Kier alpha value is -1.06. The third kappa shape index (κ3) is 2.79. The van der Waals surface area contributed by atoms with E-state index in [-0.39, 0.29) is 0 Å². The monoisotopic (exact) mass is 266 g/mol. The third-order valence-corrected chi connectivity index (χ3v) is 3.34. The molecule has 0 aliphatic rings. The zero-order valence-corrected chi connectivity index (χ0v) is 11.5. The van der Waals surface area contributed by atoms with Gasteiger partial charge in [0.2, 0.25) is 0 Å². The second-order valence-corrected chi connectivity index (χ2v) is 5.21. The van der Waals surface area contributed by atoms with Crippen LogP contribution in [0.25, 0.3) is 0 Å². The molecule has 2 aromatic rings. The summed E-state index contributed by atoms with van der Waals surface area (Å²) in [6.07, 6.45) is 1.99. The highest BCUT2D eigenvalue weighted by Gasteiger charge is 2.08. The van der Waals surface area contributed by atoms with Crippen LogP contribution >= 0.6 is 23.8 Å². The number of nitrogens with zero attached hydrogens (tertiary/aromatic N) is 1. The number of nitrogens with one attached hydrogen (secondary N) is 1. The van der Waals surface area contributed by atoms with Crippen LogP contribution in [0.15, 0.2) is 30.5 Å². The Labute approximate surface area is 111 Å². The van der Waals surface area contributed by atoms with E-state index < -0.39 is 0 Å². The lowest BCUT2D eigenvalue weighted by atomic mass is 10.1. The van der Waals surface area contributed by atoms with E-state index in [4.69, 9.17) is 23.8 Å². The van der Waals surface area contributed by atoms with Crippen molar-refractivity contribution in [2.45, 2.75) is 26.3 Å². The standard InChI is InChI=1S/C13H15ClN2S/c1-9(2)12-7-15-13(17)16(12)8-10-3-5-11(14)6-4-10/h3-7,9H,8H2,1-2H3,(H,15,17). The van der Waals surface area contributed by atoms with Crippen molar-refractivity contribution < 1.29 is 0 Å². The molecular weight excluding hydrogens is 252 g/mol. The molecule has 0 saturated heterocycles. The summed E-state index contributed by atoms with van der Waals surface area (Å²) in [4.78, 5) is 3.10.